The molecule has 2 N–H and O–H groups in total. The predicted molar refractivity (Wildman–Crippen MR) is 80.8 cm³/mol. The third-order valence-corrected chi connectivity index (χ3v) is 3.25. The highest BCUT2D eigenvalue weighted by Crippen LogP contribution is 2.20. The van der Waals surface area contributed by atoms with E-state index in [0.29, 0.717) is 0 Å². The smallest absolute Gasteiger partial charge is 0.223 e. The molecule has 0 spiro atoms. The van der Waals surface area contributed by atoms with Crippen molar-refractivity contribution in [2.75, 3.05) is 13.2 Å². The van der Waals surface area contributed by atoms with Crippen molar-refractivity contribution in [2.45, 2.75) is 12.5 Å². The van der Waals surface area contributed by atoms with E-state index in [0.717, 1.165) is 12.1 Å². The van der Waals surface area contributed by atoms with E-state index in [9.17, 15) is 23.1 Å². The average molecular weight is 339 g/mol. The highest BCUT2D eigenvalue weighted by molar-refractivity contribution is 5.76. The maximum atomic E-state index is 13.5. The Balaban J connectivity index is 1.78. The molecule has 1 amide bonds. The topological polar surface area (TPSA) is 58.6 Å². The number of para-hydroxylation sites is 1. The van der Waals surface area contributed by atoms with Crippen LogP contribution in [0.1, 0.15) is 18.1 Å². The molecule has 2 rings (SSSR count). The molecule has 1 unspecified atom stereocenters. The van der Waals surface area contributed by atoms with E-state index in [1.54, 1.807) is 6.07 Å². The Kier molecular flexibility index (Phi) is 6.20. The number of halogens is 3. The summed E-state index contributed by atoms with van der Waals surface area (Å²) in [5.41, 5.74) is -0.500. The van der Waals surface area contributed by atoms with Crippen molar-refractivity contribution in [2.24, 2.45) is 0 Å². The van der Waals surface area contributed by atoms with Crippen molar-refractivity contribution in [3.63, 3.8) is 0 Å². The predicted octanol–water partition coefficient (Wildman–Crippen LogP) is 2.72. The quantitative estimate of drug-likeness (QED) is 0.815. The van der Waals surface area contributed by atoms with Crippen molar-refractivity contribution in [3.8, 4) is 5.75 Å². The van der Waals surface area contributed by atoms with Crippen molar-refractivity contribution >= 4 is 5.91 Å². The fraction of sp³-hybridized carbons (Fsp3) is 0.235. The second kappa shape index (κ2) is 8.35. The number of hydrogen-bond donors (Lipinski definition) is 2. The lowest BCUT2D eigenvalue weighted by Crippen LogP contribution is -2.30. The number of amides is 1. The van der Waals surface area contributed by atoms with Gasteiger partial charge in [0.25, 0.3) is 0 Å². The van der Waals surface area contributed by atoms with Gasteiger partial charge < -0.3 is 15.2 Å². The second-order valence-electron chi connectivity index (χ2n) is 4.98. The maximum Gasteiger partial charge on any atom is 0.223 e. The molecule has 0 aliphatic carbocycles. The fourth-order valence-electron chi connectivity index (χ4n) is 2.05. The zero-order valence-corrected chi connectivity index (χ0v) is 12.6. The zero-order chi connectivity index (χ0) is 17.5. The van der Waals surface area contributed by atoms with Gasteiger partial charge in [-0.15, -0.1) is 0 Å². The molecule has 7 heteroatoms. The van der Waals surface area contributed by atoms with Crippen LogP contribution in [0.3, 0.4) is 0 Å². The molecule has 0 saturated heterocycles. The van der Waals surface area contributed by atoms with Crippen LogP contribution in [-0.4, -0.2) is 24.2 Å². The molecular formula is C17H16F3NO3. The fourth-order valence-corrected chi connectivity index (χ4v) is 2.05. The lowest BCUT2D eigenvalue weighted by atomic mass is 10.1. The summed E-state index contributed by atoms with van der Waals surface area (Å²) in [5, 5.41) is 12.1. The van der Waals surface area contributed by atoms with Crippen molar-refractivity contribution in [3.05, 3.63) is 65.5 Å². The Morgan fingerprint density at radius 1 is 1.04 bits per heavy atom. The number of rotatable bonds is 7. The second-order valence-corrected chi connectivity index (χ2v) is 4.98. The van der Waals surface area contributed by atoms with Gasteiger partial charge in [-0.25, -0.2) is 13.2 Å². The molecule has 0 aromatic heterocycles. The molecule has 0 aliphatic heterocycles. The van der Waals surface area contributed by atoms with Gasteiger partial charge >= 0.3 is 0 Å². The van der Waals surface area contributed by atoms with Gasteiger partial charge in [-0.3, -0.25) is 4.79 Å². The summed E-state index contributed by atoms with van der Waals surface area (Å²) < 4.78 is 45.4. The van der Waals surface area contributed by atoms with Gasteiger partial charge in [0.1, 0.15) is 17.7 Å². The summed E-state index contributed by atoms with van der Waals surface area (Å²) in [5.74, 6) is -2.79. The van der Waals surface area contributed by atoms with Crippen LogP contribution in [0.4, 0.5) is 13.2 Å². The first-order chi connectivity index (χ1) is 11.5. The molecule has 0 radical (unpaired) electrons. The van der Waals surface area contributed by atoms with Crippen LogP contribution in [0.15, 0.2) is 42.5 Å². The van der Waals surface area contributed by atoms with Crippen LogP contribution in [-0.2, 0) is 4.79 Å². The lowest BCUT2D eigenvalue weighted by Gasteiger charge is -2.14. The van der Waals surface area contributed by atoms with Crippen LogP contribution < -0.4 is 10.1 Å². The third-order valence-electron chi connectivity index (χ3n) is 3.25. The summed E-state index contributed by atoms with van der Waals surface area (Å²) in [4.78, 5) is 11.6. The first kappa shape index (κ1) is 17.8. The van der Waals surface area contributed by atoms with Crippen molar-refractivity contribution in [1.29, 1.82) is 0 Å². The van der Waals surface area contributed by atoms with E-state index in [4.69, 9.17) is 4.74 Å². The largest absolute Gasteiger partial charge is 0.490 e. The number of aliphatic hydroxyl groups excluding tert-OH is 1. The molecular weight excluding hydrogens is 323 g/mol. The number of nitrogens with one attached hydrogen (secondary N) is 1. The van der Waals surface area contributed by atoms with Crippen molar-refractivity contribution < 1.29 is 27.8 Å². The van der Waals surface area contributed by atoms with Gasteiger partial charge in [0, 0.05) is 6.54 Å². The molecule has 1 atom stereocenters. The number of benzene rings is 2. The van der Waals surface area contributed by atoms with Crippen LogP contribution in [0.25, 0.3) is 0 Å². The molecule has 0 saturated carbocycles. The Bertz CT molecular complexity index is 689. The Morgan fingerprint density at radius 3 is 2.33 bits per heavy atom. The summed E-state index contributed by atoms with van der Waals surface area (Å²) >= 11 is 0. The zero-order valence-electron chi connectivity index (χ0n) is 12.6. The highest BCUT2D eigenvalue weighted by Gasteiger charge is 2.18. The number of aliphatic hydroxyl groups is 1. The Morgan fingerprint density at radius 2 is 1.67 bits per heavy atom. The van der Waals surface area contributed by atoms with Gasteiger partial charge in [-0.05, 0) is 24.3 Å². The normalized spacial score (nSPS) is 11.8. The van der Waals surface area contributed by atoms with Gasteiger partial charge in [-0.2, -0.15) is 0 Å². The van der Waals surface area contributed by atoms with E-state index >= 15 is 0 Å². The summed E-state index contributed by atoms with van der Waals surface area (Å²) in [6, 6.07) is 8.99. The van der Waals surface area contributed by atoms with Crippen LogP contribution in [0, 0.1) is 17.5 Å². The average Bonchev–Trinajstić information content (AvgIpc) is 2.54. The van der Waals surface area contributed by atoms with Crippen molar-refractivity contribution in [1.82, 2.24) is 5.32 Å². The van der Waals surface area contributed by atoms with Gasteiger partial charge in [0.2, 0.25) is 5.91 Å². The number of carbonyl (C=O) groups is 1. The van der Waals surface area contributed by atoms with Crippen LogP contribution in [0.5, 0.6) is 5.75 Å². The van der Waals surface area contributed by atoms with Gasteiger partial charge in [0.15, 0.2) is 11.6 Å². The lowest BCUT2D eigenvalue weighted by molar-refractivity contribution is -0.122. The molecule has 0 fully saturated rings. The third kappa shape index (κ3) is 4.73. The van der Waals surface area contributed by atoms with E-state index < -0.39 is 35.0 Å². The Labute approximate surface area is 136 Å². The Hall–Kier alpha value is -2.54. The standard InChI is InChI=1S/C17H16F3NO3/c18-11-4-1-2-7-15(11)24-9-8-16(23)21-10-14(22)17-12(19)5-3-6-13(17)20/h1-7,14,22H,8-10H2,(H,21,23). The molecule has 24 heavy (non-hydrogen) atoms. The highest BCUT2D eigenvalue weighted by atomic mass is 19.1. The minimum atomic E-state index is -1.51. The molecule has 0 bridgehead atoms. The molecule has 2 aromatic rings. The van der Waals surface area contributed by atoms with E-state index in [1.807, 2.05) is 0 Å². The summed E-state index contributed by atoms with van der Waals surface area (Å²) in [6.45, 7) is -0.423. The van der Waals surface area contributed by atoms with Gasteiger partial charge in [0.05, 0.1) is 18.6 Å². The van der Waals surface area contributed by atoms with E-state index in [1.165, 1.54) is 24.3 Å². The molecule has 0 aliphatic rings. The molecule has 0 heterocycles. The molecule has 4 nitrogen and oxygen atoms in total. The monoisotopic (exact) mass is 339 g/mol. The van der Waals surface area contributed by atoms with E-state index in [2.05, 4.69) is 5.32 Å². The number of hydrogen-bond acceptors (Lipinski definition) is 3. The van der Waals surface area contributed by atoms with Gasteiger partial charge in [-0.1, -0.05) is 18.2 Å². The first-order valence-electron chi connectivity index (χ1n) is 7.25. The molecule has 128 valence electrons. The summed E-state index contributed by atoms with van der Waals surface area (Å²) in [7, 11) is 0. The minimum Gasteiger partial charge on any atom is -0.490 e. The van der Waals surface area contributed by atoms with Crippen LogP contribution in [0.2, 0.25) is 0 Å². The molecule has 2 aromatic carbocycles. The first-order valence-corrected chi connectivity index (χ1v) is 7.25. The van der Waals surface area contributed by atoms with Crippen LogP contribution >= 0.6 is 0 Å². The summed E-state index contributed by atoms with van der Waals surface area (Å²) in [6.07, 6.45) is -1.61. The minimum absolute atomic E-state index is 0.0266. The van der Waals surface area contributed by atoms with E-state index in [-0.39, 0.29) is 25.3 Å². The SMILES string of the molecule is O=C(CCOc1ccccc1F)NCC(O)c1c(F)cccc1F. The number of ether oxygens (including phenoxy) is 1. The maximum absolute atomic E-state index is 13.5. The number of carbonyl (C=O) groups excluding carboxylic acids is 1.